The number of aromatic nitrogens is 1. The van der Waals surface area contributed by atoms with Crippen LogP contribution in [-0.2, 0) is 22.3 Å². The standard InChI is InChI=1S/C21H24N2O2S2/c1-17(2)14-23(27(24,25)16-18-7-4-3-5-8-18)15-20-10-11-21(26-20)19-9-6-12-22-13-19/h3-13,17H,14-16H2,1-2H3. The van der Waals surface area contributed by atoms with E-state index < -0.39 is 10.0 Å². The summed E-state index contributed by atoms with van der Waals surface area (Å²) in [6.07, 6.45) is 3.58. The summed E-state index contributed by atoms with van der Waals surface area (Å²) in [5.74, 6) is 0.287. The van der Waals surface area contributed by atoms with Gasteiger partial charge < -0.3 is 0 Å². The van der Waals surface area contributed by atoms with Gasteiger partial charge in [0.25, 0.3) is 0 Å². The Labute approximate surface area is 165 Å². The molecule has 0 fully saturated rings. The fourth-order valence-electron chi connectivity index (χ4n) is 2.86. The van der Waals surface area contributed by atoms with Gasteiger partial charge in [-0.3, -0.25) is 4.98 Å². The van der Waals surface area contributed by atoms with Crippen LogP contribution in [0.3, 0.4) is 0 Å². The van der Waals surface area contributed by atoms with Gasteiger partial charge in [0.05, 0.1) is 5.75 Å². The van der Waals surface area contributed by atoms with E-state index in [1.165, 1.54) is 0 Å². The Hall–Kier alpha value is -2.02. The van der Waals surface area contributed by atoms with Crippen LogP contribution in [0.25, 0.3) is 10.4 Å². The summed E-state index contributed by atoms with van der Waals surface area (Å²) in [5, 5.41) is 0. The summed E-state index contributed by atoms with van der Waals surface area (Å²) in [6.45, 7) is 4.99. The van der Waals surface area contributed by atoms with Crippen molar-refractivity contribution in [2.75, 3.05) is 6.54 Å². The number of thiophene rings is 1. The van der Waals surface area contributed by atoms with Gasteiger partial charge in [0.1, 0.15) is 0 Å². The van der Waals surface area contributed by atoms with E-state index in [-0.39, 0.29) is 11.7 Å². The Morgan fingerprint density at radius 3 is 2.48 bits per heavy atom. The molecule has 2 aromatic heterocycles. The molecule has 27 heavy (non-hydrogen) atoms. The highest BCUT2D eigenvalue weighted by atomic mass is 32.2. The highest BCUT2D eigenvalue weighted by molar-refractivity contribution is 7.88. The predicted octanol–water partition coefficient (Wildman–Crippen LogP) is 4.80. The van der Waals surface area contributed by atoms with Crippen LogP contribution in [-0.4, -0.2) is 24.3 Å². The average Bonchev–Trinajstić information content (AvgIpc) is 3.11. The van der Waals surface area contributed by atoms with Gasteiger partial charge in [0.2, 0.25) is 10.0 Å². The number of sulfonamides is 1. The Morgan fingerprint density at radius 2 is 1.81 bits per heavy atom. The largest absolute Gasteiger partial charge is 0.264 e. The summed E-state index contributed by atoms with van der Waals surface area (Å²) in [6, 6.07) is 17.3. The maximum atomic E-state index is 13.0. The van der Waals surface area contributed by atoms with Crippen LogP contribution < -0.4 is 0 Å². The summed E-state index contributed by atoms with van der Waals surface area (Å²) in [4.78, 5) is 6.29. The first-order valence-electron chi connectivity index (χ1n) is 8.95. The van der Waals surface area contributed by atoms with Crippen molar-refractivity contribution in [2.24, 2.45) is 5.92 Å². The summed E-state index contributed by atoms with van der Waals surface area (Å²) >= 11 is 1.62. The lowest BCUT2D eigenvalue weighted by Gasteiger charge is -2.23. The highest BCUT2D eigenvalue weighted by Gasteiger charge is 2.24. The second-order valence-corrected chi connectivity index (χ2v) is 10.1. The molecule has 6 heteroatoms. The summed E-state index contributed by atoms with van der Waals surface area (Å²) < 4.78 is 27.7. The fourth-order valence-corrected chi connectivity index (χ4v) is 5.61. The summed E-state index contributed by atoms with van der Waals surface area (Å²) in [5.41, 5.74) is 1.87. The lowest BCUT2D eigenvalue weighted by molar-refractivity contribution is 0.364. The van der Waals surface area contributed by atoms with Gasteiger partial charge in [-0.1, -0.05) is 50.2 Å². The van der Waals surface area contributed by atoms with Gasteiger partial charge in [-0.2, -0.15) is 4.31 Å². The molecule has 0 N–H and O–H groups in total. The van der Waals surface area contributed by atoms with Crippen molar-refractivity contribution in [1.29, 1.82) is 0 Å². The first kappa shape index (κ1) is 19.7. The maximum Gasteiger partial charge on any atom is 0.218 e. The van der Waals surface area contributed by atoms with E-state index in [4.69, 9.17) is 0 Å². The molecule has 1 aromatic carbocycles. The number of pyridine rings is 1. The number of benzene rings is 1. The van der Waals surface area contributed by atoms with Crippen molar-refractivity contribution in [3.63, 3.8) is 0 Å². The van der Waals surface area contributed by atoms with E-state index in [1.807, 2.05) is 74.6 Å². The highest BCUT2D eigenvalue weighted by Crippen LogP contribution is 2.29. The molecule has 0 bridgehead atoms. The Morgan fingerprint density at radius 1 is 1.04 bits per heavy atom. The zero-order chi connectivity index (χ0) is 19.3. The quantitative estimate of drug-likeness (QED) is 0.546. The van der Waals surface area contributed by atoms with E-state index in [0.29, 0.717) is 13.1 Å². The fraction of sp³-hybridized carbons (Fsp3) is 0.286. The minimum atomic E-state index is -3.40. The normalized spacial score (nSPS) is 12.0. The molecule has 0 saturated carbocycles. The monoisotopic (exact) mass is 400 g/mol. The third kappa shape index (κ3) is 5.48. The van der Waals surface area contributed by atoms with Gasteiger partial charge in [-0.25, -0.2) is 8.42 Å². The molecule has 0 atom stereocenters. The second-order valence-electron chi connectivity index (χ2n) is 6.94. The van der Waals surface area contributed by atoms with Crippen molar-refractivity contribution in [3.8, 4) is 10.4 Å². The van der Waals surface area contributed by atoms with E-state index in [9.17, 15) is 8.42 Å². The van der Waals surface area contributed by atoms with Crippen molar-refractivity contribution < 1.29 is 8.42 Å². The maximum absolute atomic E-state index is 13.0. The zero-order valence-corrected chi connectivity index (χ0v) is 17.2. The van der Waals surface area contributed by atoms with Crippen LogP contribution in [0.15, 0.2) is 67.0 Å². The molecule has 4 nitrogen and oxygen atoms in total. The summed E-state index contributed by atoms with van der Waals surface area (Å²) in [7, 11) is -3.40. The average molecular weight is 401 g/mol. The molecule has 0 aliphatic heterocycles. The molecule has 0 saturated heterocycles. The number of hydrogen-bond donors (Lipinski definition) is 0. The van der Waals surface area contributed by atoms with Crippen LogP contribution in [0, 0.1) is 5.92 Å². The first-order valence-corrected chi connectivity index (χ1v) is 11.4. The van der Waals surface area contributed by atoms with Crippen molar-refractivity contribution >= 4 is 21.4 Å². The number of hydrogen-bond acceptors (Lipinski definition) is 4. The third-order valence-corrected chi connectivity index (χ3v) is 6.98. The molecule has 0 spiro atoms. The second kappa shape index (κ2) is 8.78. The van der Waals surface area contributed by atoms with Crippen LogP contribution >= 0.6 is 11.3 Å². The topological polar surface area (TPSA) is 50.3 Å². The Balaban J connectivity index is 1.80. The van der Waals surface area contributed by atoms with E-state index in [1.54, 1.807) is 21.8 Å². The molecule has 3 rings (SSSR count). The molecule has 0 amide bonds. The van der Waals surface area contributed by atoms with Crippen LogP contribution in [0.5, 0.6) is 0 Å². The molecule has 0 unspecified atom stereocenters. The minimum absolute atomic E-state index is 0.0292. The Bertz CT molecular complexity index is 952. The number of rotatable bonds is 8. The van der Waals surface area contributed by atoms with E-state index in [0.717, 1.165) is 20.9 Å². The molecule has 0 aliphatic carbocycles. The minimum Gasteiger partial charge on any atom is -0.264 e. The number of nitrogens with zero attached hydrogens (tertiary/aromatic N) is 2. The predicted molar refractivity (Wildman–Crippen MR) is 112 cm³/mol. The lowest BCUT2D eigenvalue weighted by Crippen LogP contribution is -2.34. The van der Waals surface area contributed by atoms with Gasteiger partial charge in [0, 0.05) is 40.8 Å². The van der Waals surface area contributed by atoms with Gasteiger partial charge >= 0.3 is 0 Å². The van der Waals surface area contributed by atoms with Gasteiger partial charge in [0.15, 0.2) is 0 Å². The van der Waals surface area contributed by atoms with E-state index in [2.05, 4.69) is 4.98 Å². The molecule has 3 aromatic rings. The zero-order valence-electron chi connectivity index (χ0n) is 15.6. The van der Waals surface area contributed by atoms with Crippen molar-refractivity contribution in [3.05, 3.63) is 77.4 Å². The van der Waals surface area contributed by atoms with Crippen molar-refractivity contribution in [1.82, 2.24) is 9.29 Å². The molecular weight excluding hydrogens is 376 g/mol. The van der Waals surface area contributed by atoms with Crippen molar-refractivity contribution in [2.45, 2.75) is 26.1 Å². The van der Waals surface area contributed by atoms with Gasteiger partial charge in [-0.15, -0.1) is 11.3 Å². The van der Waals surface area contributed by atoms with E-state index >= 15 is 0 Å². The molecule has 0 radical (unpaired) electrons. The molecule has 2 heterocycles. The smallest absolute Gasteiger partial charge is 0.218 e. The van der Waals surface area contributed by atoms with Crippen LogP contribution in [0.4, 0.5) is 0 Å². The SMILES string of the molecule is CC(C)CN(Cc1ccc(-c2cccnc2)s1)S(=O)(=O)Cc1ccccc1. The molecule has 0 aliphatic rings. The van der Waals surface area contributed by atoms with Crippen LogP contribution in [0.2, 0.25) is 0 Å². The lowest BCUT2D eigenvalue weighted by atomic mass is 10.2. The molecular formula is C21H24N2O2S2. The van der Waals surface area contributed by atoms with Gasteiger partial charge in [-0.05, 0) is 29.7 Å². The van der Waals surface area contributed by atoms with Crippen LogP contribution in [0.1, 0.15) is 24.3 Å². The molecule has 142 valence electrons. The Kier molecular flexibility index (Phi) is 6.42. The first-order chi connectivity index (χ1) is 12.9. The third-order valence-electron chi connectivity index (χ3n) is 4.09.